The Balaban J connectivity index is 2.27. The number of thiol groups is 1. The molecule has 1 amide bonds. The lowest BCUT2D eigenvalue weighted by atomic mass is 10.2. The van der Waals surface area contributed by atoms with Crippen molar-refractivity contribution in [2.24, 2.45) is 0 Å². The van der Waals surface area contributed by atoms with Crippen LogP contribution in [0.4, 0.5) is 10.1 Å². The smallest absolute Gasteiger partial charge is 0.255 e. The molecule has 0 unspecified atom stereocenters. The Bertz CT molecular complexity index is 694. The van der Waals surface area contributed by atoms with Crippen molar-refractivity contribution in [2.75, 3.05) is 5.32 Å². The fourth-order valence-corrected chi connectivity index (χ4v) is 2.27. The number of hydrogen-bond donors (Lipinski definition) is 2. The van der Waals surface area contributed by atoms with Gasteiger partial charge in [0.25, 0.3) is 5.91 Å². The Morgan fingerprint density at radius 1 is 1.05 bits per heavy atom. The molecule has 0 atom stereocenters. The van der Waals surface area contributed by atoms with Gasteiger partial charge < -0.3 is 5.32 Å². The van der Waals surface area contributed by atoms with Gasteiger partial charge >= 0.3 is 0 Å². The number of hydrogen-bond acceptors (Lipinski definition) is 2. The third-order valence-electron chi connectivity index (χ3n) is 2.47. The lowest BCUT2D eigenvalue weighted by molar-refractivity contribution is 0.102. The van der Waals surface area contributed by atoms with Crippen LogP contribution in [0, 0.1) is 5.82 Å². The highest BCUT2D eigenvalue weighted by molar-refractivity contribution is 7.80. The molecule has 20 heavy (non-hydrogen) atoms. The zero-order chi connectivity index (χ0) is 14.9. The summed E-state index contributed by atoms with van der Waals surface area (Å²) in [5.74, 6) is -0.960. The second kappa shape index (κ2) is 6.22. The minimum atomic E-state index is -0.502. The molecule has 0 saturated heterocycles. The van der Waals surface area contributed by atoms with Gasteiger partial charge in [-0.3, -0.25) is 4.79 Å². The standard InChI is InChI=1S/C13H7Cl3FNOS/c14-7-4-9(16)11(5-8(7)15)18-13(19)6-1-2-10(17)12(20)3-6/h1-5,20H,(H,18,19). The molecule has 0 spiro atoms. The molecule has 0 radical (unpaired) electrons. The van der Waals surface area contributed by atoms with Crippen LogP contribution in [0.3, 0.4) is 0 Å². The zero-order valence-corrected chi connectivity index (χ0v) is 12.9. The molecule has 2 aromatic rings. The van der Waals surface area contributed by atoms with Crippen molar-refractivity contribution < 1.29 is 9.18 Å². The van der Waals surface area contributed by atoms with Crippen molar-refractivity contribution in [1.29, 1.82) is 0 Å². The van der Waals surface area contributed by atoms with Crippen LogP contribution in [-0.2, 0) is 0 Å². The maximum atomic E-state index is 13.1. The topological polar surface area (TPSA) is 29.1 Å². The predicted octanol–water partition coefficient (Wildman–Crippen LogP) is 5.33. The normalized spacial score (nSPS) is 10.4. The van der Waals surface area contributed by atoms with Crippen molar-refractivity contribution in [3.63, 3.8) is 0 Å². The van der Waals surface area contributed by atoms with Crippen LogP contribution in [-0.4, -0.2) is 5.91 Å². The van der Waals surface area contributed by atoms with Crippen LogP contribution in [0.1, 0.15) is 10.4 Å². The summed E-state index contributed by atoms with van der Waals surface area (Å²) < 4.78 is 13.1. The van der Waals surface area contributed by atoms with Gasteiger partial charge in [0.05, 0.1) is 20.8 Å². The van der Waals surface area contributed by atoms with E-state index >= 15 is 0 Å². The summed E-state index contributed by atoms with van der Waals surface area (Å²) in [7, 11) is 0. The molecule has 2 nitrogen and oxygen atoms in total. The van der Waals surface area contributed by atoms with Gasteiger partial charge in [0.2, 0.25) is 0 Å². The van der Waals surface area contributed by atoms with E-state index < -0.39 is 11.7 Å². The van der Waals surface area contributed by atoms with Gasteiger partial charge in [0.15, 0.2) is 0 Å². The Morgan fingerprint density at radius 3 is 2.35 bits per heavy atom. The molecular formula is C13H7Cl3FNOS. The summed E-state index contributed by atoms with van der Waals surface area (Å²) in [4.78, 5) is 12.1. The molecule has 2 rings (SSSR count). The van der Waals surface area contributed by atoms with Crippen LogP contribution < -0.4 is 5.32 Å². The van der Waals surface area contributed by atoms with Crippen molar-refractivity contribution in [2.45, 2.75) is 4.90 Å². The number of nitrogens with one attached hydrogen (secondary N) is 1. The Labute approximate surface area is 135 Å². The van der Waals surface area contributed by atoms with Gasteiger partial charge in [0.1, 0.15) is 5.82 Å². The molecule has 104 valence electrons. The monoisotopic (exact) mass is 349 g/mol. The van der Waals surface area contributed by atoms with Gasteiger partial charge in [-0.1, -0.05) is 34.8 Å². The van der Waals surface area contributed by atoms with Crippen molar-refractivity contribution in [3.8, 4) is 0 Å². The van der Waals surface area contributed by atoms with Crippen molar-refractivity contribution >= 4 is 59.0 Å². The van der Waals surface area contributed by atoms with E-state index in [9.17, 15) is 9.18 Å². The van der Waals surface area contributed by atoms with Crippen LogP contribution in [0.2, 0.25) is 15.1 Å². The van der Waals surface area contributed by atoms with E-state index in [1.54, 1.807) is 0 Å². The minimum absolute atomic E-state index is 0.0814. The van der Waals surface area contributed by atoms with Crippen LogP contribution in [0.25, 0.3) is 0 Å². The summed E-state index contributed by atoms with van der Waals surface area (Å²) in [6.45, 7) is 0. The molecule has 0 fully saturated rings. The second-order valence-electron chi connectivity index (χ2n) is 3.87. The van der Waals surface area contributed by atoms with Crippen molar-refractivity contribution in [3.05, 3.63) is 56.8 Å². The SMILES string of the molecule is O=C(Nc1cc(Cl)c(Cl)cc1Cl)c1ccc(F)c(S)c1. The summed E-state index contributed by atoms with van der Waals surface area (Å²) in [5.41, 5.74) is 0.564. The van der Waals surface area contributed by atoms with E-state index in [4.69, 9.17) is 34.8 Å². The highest BCUT2D eigenvalue weighted by atomic mass is 35.5. The first-order chi connectivity index (χ1) is 9.38. The van der Waals surface area contributed by atoms with Gasteiger partial charge in [-0.25, -0.2) is 4.39 Å². The summed E-state index contributed by atoms with van der Waals surface area (Å²) in [6.07, 6.45) is 0. The maximum absolute atomic E-state index is 13.1. The first kappa shape index (κ1) is 15.4. The van der Waals surface area contributed by atoms with E-state index in [1.165, 1.54) is 24.3 Å². The summed E-state index contributed by atoms with van der Waals surface area (Å²) in [6, 6.07) is 6.69. The van der Waals surface area contributed by atoms with Gasteiger partial charge in [-0.2, -0.15) is 0 Å². The van der Waals surface area contributed by atoms with Crippen molar-refractivity contribution in [1.82, 2.24) is 0 Å². The number of rotatable bonds is 2. The number of benzene rings is 2. The first-order valence-corrected chi connectivity index (χ1v) is 6.91. The summed E-state index contributed by atoms with van der Waals surface area (Å²) in [5, 5.41) is 3.37. The number of carbonyl (C=O) groups is 1. The highest BCUT2D eigenvalue weighted by Gasteiger charge is 2.12. The molecule has 0 heterocycles. The Hall–Kier alpha value is -0.940. The second-order valence-corrected chi connectivity index (χ2v) is 5.57. The molecule has 2 aromatic carbocycles. The van der Waals surface area contributed by atoms with Gasteiger partial charge in [-0.05, 0) is 30.3 Å². The van der Waals surface area contributed by atoms with E-state index in [0.717, 1.165) is 6.07 Å². The third kappa shape index (κ3) is 3.38. The molecule has 0 aliphatic rings. The fraction of sp³-hybridized carbons (Fsp3) is 0. The first-order valence-electron chi connectivity index (χ1n) is 5.33. The maximum Gasteiger partial charge on any atom is 0.255 e. The largest absolute Gasteiger partial charge is 0.321 e. The van der Waals surface area contributed by atoms with Gasteiger partial charge in [0, 0.05) is 10.5 Å². The molecule has 0 saturated carbocycles. The minimum Gasteiger partial charge on any atom is -0.321 e. The average Bonchev–Trinajstić information content (AvgIpc) is 2.39. The molecule has 7 heteroatoms. The van der Waals surface area contributed by atoms with E-state index in [1.807, 2.05) is 0 Å². The Morgan fingerprint density at radius 2 is 1.70 bits per heavy atom. The highest BCUT2D eigenvalue weighted by Crippen LogP contribution is 2.32. The quantitative estimate of drug-likeness (QED) is 0.556. The number of amides is 1. The fourth-order valence-electron chi connectivity index (χ4n) is 1.47. The number of anilines is 1. The molecule has 0 aliphatic heterocycles. The molecule has 1 N–H and O–H groups in total. The van der Waals surface area contributed by atoms with Crippen LogP contribution >= 0.6 is 47.4 Å². The molecule has 0 aliphatic carbocycles. The number of halogens is 4. The average molecular weight is 351 g/mol. The van der Waals surface area contributed by atoms with Gasteiger partial charge in [-0.15, -0.1) is 12.6 Å². The predicted molar refractivity (Wildman–Crippen MR) is 83.1 cm³/mol. The Kier molecular flexibility index (Phi) is 4.81. The molecule has 0 bridgehead atoms. The van der Waals surface area contributed by atoms with Crippen LogP contribution in [0.15, 0.2) is 35.2 Å². The number of carbonyl (C=O) groups excluding carboxylic acids is 1. The van der Waals surface area contributed by atoms with E-state index in [-0.39, 0.29) is 25.5 Å². The lowest BCUT2D eigenvalue weighted by Crippen LogP contribution is -2.12. The van der Waals surface area contributed by atoms with Crippen LogP contribution in [0.5, 0.6) is 0 Å². The molecule has 0 aromatic heterocycles. The molecular weight excluding hydrogens is 344 g/mol. The van der Waals surface area contributed by atoms with E-state index in [0.29, 0.717) is 5.69 Å². The van der Waals surface area contributed by atoms with E-state index in [2.05, 4.69) is 17.9 Å². The lowest BCUT2D eigenvalue weighted by Gasteiger charge is -2.09. The third-order valence-corrected chi connectivity index (χ3v) is 3.84. The summed E-state index contributed by atoms with van der Waals surface area (Å²) >= 11 is 21.5. The zero-order valence-electron chi connectivity index (χ0n) is 9.75.